The van der Waals surface area contributed by atoms with Crippen molar-refractivity contribution in [1.82, 2.24) is 0 Å². The molecule has 2 heterocycles. The number of hydrogen-bond donors (Lipinski definition) is 0. The molecule has 2 heteroatoms. The molecular formula is C10H24O2. The highest BCUT2D eigenvalue weighted by Crippen LogP contribution is 2.52. The van der Waals surface area contributed by atoms with Gasteiger partial charge in [-0.3, -0.25) is 0 Å². The molecule has 0 aromatic heterocycles. The van der Waals surface area contributed by atoms with Crippen molar-refractivity contribution >= 4 is 0 Å². The molecule has 2 saturated heterocycles. The minimum atomic E-state index is 0. The summed E-state index contributed by atoms with van der Waals surface area (Å²) in [6.45, 7) is 8.22. The monoisotopic (exact) mass is 176 g/mol. The molecule has 3 fully saturated rings. The Balaban J connectivity index is 0. The van der Waals surface area contributed by atoms with Crippen LogP contribution >= 0.6 is 0 Å². The van der Waals surface area contributed by atoms with Gasteiger partial charge >= 0.3 is 0 Å². The fourth-order valence-electron chi connectivity index (χ4n) is 0.685. The van der Waals surface area contributed by atoms with Gasteiger partial charge in [-0.1, -0.05) is 35.6 Å². The Kier molecular flexibility index (Phi) is 7.75. The van der Waals surface area contributed by atoms with Gasteiger partial charge in [0, 0.05) is 5.92 Å². The number of epoxide rings is 2. The van der Waals surface area contributed by atoms with E-state index in [-0.39, 0.29) is 14.9 Å². The summed E-state index contributed by atoms with van der Waals surface area (Å²) < 4.78 is 9.42. The Morgan fingerprint density at radius 2 is 1.25 bits per heavy atom. The fourth-order valence-corrected chi connectivity index (χ4v) is 0.685. The molecule has 3 aliphatic rings. The average molecular weight is 176 g/mol. The summed E-state index contributed by atoms with van der Waals surface area (Å²) in [4.78, 5) is 0. The fraction of sp³-hybridized carbons (Fsp3) is 1.00. The molecule has 2 nitrogen and oxygen atoms in total. The highest BCUT2D eigenvalue weighted by atomic mass is 16.6. The molecule has 0 bridgehead atoms. The normalized spacial score (nSPS) is 35.8. The van der Waals surface area contributed by atoms with Gasteiger partial charge < -0.3 is 9.47 Å². The van der Waals surface area contributed by atoms with Crippen LogP contribution in [-0.4, -0.2) is 25.4 Å². The summed E-state index contributed by atoms with van der Waals surface area (Å²) in [6, 6.07) is 0. The maximum absolute atomic E-state index is 4.92. The number of ether oxygens (including phenoxy) is 2. The first-order valence-corrected chi connectivity index (χ1v) is 4.13. The summed E-state index contributed by atoms with van der Waals surface area (Å²) in [5, 5.41) is 0. The lowest BCUT2D eigenvalue weighted by atomic mass is 10.5. The molecular weight excluding hydrogens is 152 g/mol. The predicted octanol–water partition coefficient (Wildman–Crippen LogP) is 2.72. The molecule has 76 valence electrons. The molecule has 0 amide bonds. The minimum Gasteiger partial charge on any atom is -0.377 e. The zero-order valence-corrected chi connectivity index (χ0v) is 6.96. The number of hydrogen-bond acceptors (Lipinski definition) is 2. The largest absolute Gasteiger partial charge is 0.377 e. The van der Waals surface area contributed by atoms with Gasteiger partial charge in [0.05, 0.1) is 25.4 Å². The van der Waals surface area contributed by atoms with Gasteiger partial charge in [-0.15, -0.1) is 0 Å². The molecule has 2 aliphatic heterocycles. The molecule has 1 saturated carbocycles. The van der Waals surface area contributed by atoms with Crippen LogP contribution in [-0.2, 0) is 9.47 Å². The van der Waals surface area contributed by atoms with Crippen LogP contribution in [0.25, 0.3) is 0 Å². The van der Waals surface area contributed by atoms with Crippen molar-refractivity contribution in [3.8, 4) is 0 Å². The lowest BCUT2D eigenvalue weighted by Crippen LogP contribution is -1.84. The summed E-state index contributed by atoms with van der Waals surface area (Å²) in [5.74, 6) is 0.926. The van der Waals surface area contributed by atoms with Gasteiger partial charge in [0.2, 0.25) is 0 Å². The van der Waals surface area contributed by atoms with Crippen LogP contribution in [0.5, 0.6) is 0 Å². The molecule has 0 spiro atoms. The summed E-state index contributed by atoms with van der Waals surface area (Å²) in [6.07, 6.45) is 1.44. The van der Waals surface area contributed by atoms with E-state index >= 15 is 0 Å². The van der Waals surface area contributed by atoms with E-state index in [1.165, 1.54) is 0 Å². The van der Waals surface area contributed by atoms with Crippen LogP contribution in [0.3, 0.4) is 0 Å². The first-order chi connectivity index (χ1) is 4.89. The Labute approximate surface area is 77.3 Å². The van der Waals surface area contributed by atoms with Crippen molar-refractivity contribution < 1.29 is 9.47 Å². The van der Waals surface area contributed by atoms with E-state index in [9.17, 15) is 0 Å². The van der Waals surface area contributed by atoms with Gasteiger partial charge in [-0.2, -0.15) is 0 Å². The smallest absolute Gasteiger partial charge is 0.0896 e. The molecule has 12 heavy (non-hydrogen) atoms. The second-order valence-electron chi connectivity index (χ2n) is 2.54. The lowest BCUT2D eigenvalue weighted by Gasteiger charge is -1.83. The highest BCUT2D eigenvalue weighted by Gasteiger charge is 2.64. The molecule has 3 rings (SSSR count). The third-order valence-corrected chi connectivity index (χ3v) is 1.66. The maximum Gasteiger partial charge on any atom is 0.0896 e. The quantitative estimate of drug-likeness (QED) is 0.530. The summed E-state index contributed by atoms with van der Waals surface area (Å²) >= 11 is 0. The van der Waals surface area contributed by atoms with E-state index in [1.807, 2.05) is 13.8 Å². The van der Waals surface area contributed by atoms with E-state index in [1.54, 1.807) is 0 Å². The summed E-state index contributed by atoms with van der Waals surface area (Å²) in [7, 11) is 0. The SMILES string of the molecule is C.C.C1CO1.CC.CC1C2OC12. The van der Waals surface area contributed by atoms with Crippen molar-refractivity contribution in [2.24, 2.45) is 5.92 Å². The van der Waals surface area contributed by atoms with Crippen molar-refractivity contribution in [3.05, 3.63) is 0 Å². The van der Waals surface area contributed by atoms with Crippen molar-refractivity contribution in [2.45, 2.75) is 47.8 Å². The van der Waals surface area contributed by atoms with Crippen molar-refractivity contribution in [1.29, 1.82) is 0 Å². The predicted molar refractivity (Wildman–Crippen MR) is 53.5 cm³/mol. The standard InChI is InChI=1S/C4H6O.C2H4O.C2H6.2CH4/c1-2-3-4(2)5-3;1-2-3-1;1-2;;/h2-4H,1H3;1-2H2;1-2H3;2*1H4. The molecule has 2 unspecified atom stereocenters. The van der Waals surface area contributed by atoms with Crippen LogP contribution in [0, 0.1) is 5.92 Å². The third-order valence-electron chi connectivity index (χ3n) is 1.66. The molecule has 0 N–H and O–H groups in total. The van der Waals surface area contributed by atoms with Gasteiger partial charge in [0.1, 0.15) is 0 Å². The first kappa shape index (κ1) is 14.4. The molecule has 2 atom stereocenters. The Morgan fingerprint density at radius 3 is 1.25 bits per heavy atom. The van der Waals surface area contributed by atoms with Crippen LogP contribution in [0.1, 0.15) is 35.6 Å². The van der Waals surface area contributed by atoms with Gasteiger partial charge in [-0.25, -0.2) is 0 Å². The average Bonchev–Trinajstić information content (AvgIpc) is 2.81. The van der Waals surface area contributed by atoms with Crippen LogP contribution in [0.2, 0.25) is 0 Å². The zero-order valence-electron chi connectivity index (χ0n) is 6.96. The van der Waals surface area contributed by atoms with Gasteiger partial charge in [0.25, 0.3) is 0 Å². The highest BCUT2D eigenvalue weighted by molar-refractivity contribution is 5.10. The van der Waals surface area contributed by atoms with E-state index in [4.69, 9.17) is 4.74 Å². The molecule has 0 aromatic carbocycles. The topological polar surface area (TPSA) is 25.1 Å². The minimum absolute atomic E-state index is 0. The lowest BCUT2D eigenvalue weighted by molar-refractivity contribution is 0.237. The molecule has 1 aliphatic carbocycles. The van der Waals surface area contributed by atoms with E-state index in [0.29, 0.717) is 0 Å². The second-order valence-corrected chi connectivity index (χ2v) is 2.54. The number of rotatable bonds is 0. The number of fused-ring (bicyclic) bond motifs is 1. The van der Waals surface area contributed by atoms with E-state index in [2.05, 4.69) is 11.7 Å². The van der Waals surface area contributed by atoms with E-state index < -0.39 is 0 Å². The van der Waals surface area contributed by atoms with Crippen LogP contribution < -0.4 is 0 Å². The summed E-state index contributed by atoms with van der Waals surface area (Å²) in [5.41, 5.74) is 0. The molecule has 0 aromatic rings. The van der Waals surface area contributed by atoms with Gasteiger partial charge in [-0.05, 0) is 0 Å². The third kappa shape index (κ3) is 4.73. The Morgan fingerprint density at radius 1 is 1.00 bits per heavy atom. The zero-order chi connectivity index (χ0) is 7.56. The van der Waals surface area contributed by atoms with Crippen molar-refractivity contribution in [3.63, 3.8) is 0 Å². The second kappa shape index (κ2) is 6.44. The maximum atomic E-state index is 4.92. The van der Waals surface area contributed by atoms with Crippen LogP contribution in [0.4, 0.5) is 0 Å². The first-order valence-electron chi connectivity index (χ1n) is 4.13. The molecule has 0 radical (unpaired) electrons. The van der Waals surface area contributed by atoms with Crippen LogP contribution in [0.15, 0.2) is 0 Å². The van der Waals surface area contributed by atoms with Gasteiger partial charge in [0.15, 0.2) is 0 Å². The van der Waals surface area contributed by atoms with E-state index in [0.717, 1.165) is 31.3 Å². The van der Waals surface area contributed by atoms with Crippen molar-refractivity contribution in [2.75, 3.05) is 13.2 Å². The Bertz CT molecular complexity index is 84.5. The Hall–Kier alpha value is -0.0800.